The van der Waals surface area contributed by atoms with E-state index in [0.717, 1.165) is 6.07 Å². The second-order valence-corrected chi connectivity index (χ2v) is 12.4. The number of hydrogen-bond acceptors (Lipinski definition) is 8. The molecule has 0 unspecified atom stereocenters. The largest absolute Gasteiger partial charge is 0.446 e. The Morgan fingerprint density at radius 3 is 2.28 bits per heavy atom. The molecule has 36 heavy (non-hydrogen) atoms. The number of alkyl halides is 3. The summed E-state index contributed by atoms with van der Waals surface area (Å²) in [6.07, 6.45) is -4.50. The van der Waals surface area contributed by atoms with Crippen LogP contribution in [-0.2, 0) is 21.1 Å². The van der Waals surface area contributed by atoms with E-state index >= 15 is 0 Å². The van der Waals surface area contributed by atoms with Crippen molar-refractivity contribution in [1.29, 1.82) is 0 Å². The van der Waals surface area contributed by atoms with E-state index in [-0.39, 0.29) is 33.8 Å². The van der Waals surface area contributed by atoms with Crippen LogP contribution in [0.3, 0.4) is 0 Å². The summed E-state index contributed by atoms with van der Waals surface area (Å²) in [4.78, 5) is 8.60. The lowest BCUT2D eigenvalue weighted by atomic mass is 9.97. The molecular formula is C22H28F3N4O5PS. The van der Waals surface area contributed by atoms with Crippen LogP contribution in [0, 0.1) is 13.8 Å². The number of fused-ring (bicyclic) bond motifs is 1. The fourth-order valence-electron chi connectivity index (χ4n) is 3.68. The minimum atomic E-state index is -4.90. The molecule has 0 aliphatic heterocycles. The summed E-state index contributed by atoms with van der Waals surface area (Å²) < 4.78 is 89.3. The van der Waals surface area contributed by atoms with Gasteiger partial charge in [0.15, 0.2) is 5.75 Å². The van der Waals surface area contributed by atoms with Gasteiger partial charge < -0.3 is 19.8 Å². The van der Waals surface area contributed by atoms with Crippen LogP contribution >= 0.6 is 7.14 Å². The van der Waals surface area contributed by atoms with Gasteiger partial charge in [0.25, 0.3) is 0 Å². The van der Waals surface area contributed by atoms with Crippen molar-refractivity contribution in [3.63, 3.8) is 0 Å². The van der Waals surface area contributed by atoms with Gasteiger partial charge in [0.05, 0.1) is 22.4 Å². The van der Waals surface area contributed by atoms with Crippen LogP contribution in [0.5, 0.6) is 5.75 Å². The first-order valence-electron chi connectivity index (χ1n) is 10.5. The number of aromatic nitrogens is 2. The fraction of sp³-hybridized carbons (Fsp3) is 0.364. The number of benzene rings is 2. The number of aryl methyl sites for hydroxylation is 1. The second-order valence-electron chi connectivity index (χ2n) is 8.20. The van der Waals surface area contributed by atoms with Crippen molar-refractivity contribution in [2.75, 3.05) is 25.7 Å². The highest BCUT2D eigenvalue weighted by Gasteiger charge is 2.33. The third kappa shape index (κ3) is 6.94. The van der Waals surface area contributed by atoms with E-state index in [1.807, 2.05) is 0 Å². The Labute approximate surface area is 207 Å². The van der Waals surface area contributed by atoms with Gasteiger partial charge in [-0.15, -0.1) is 0 Å². The molecule has 0 saturated heterocycles. The van der Waals surface area contributed by atoms with Gasteiger partial charge in [-0.3, -0.25) is 4.55 Å². The molecule has 3 aromatic rings. The van der Waals surface area contributed by atoms with Crippen LogP contribution in [0.2, 0.25) is 0 Å². The molecule has 198 valence electrons. The van der Waals surface area contributed by atoms with Gasteiger partial charge in [-0.2, -0.15) is 21.6 Å². The Bertz CT molecular complexity index is 1430. The molecule has 1 atom stereocenters. The smallest absolute Gasteiger partial charge is 0.363 e. The van der Waals surface area contributed by atoms with Gasteiger partial charge in [-0.1, -0.05) is 12.1 Å². The van der Waals surface area contributed by atoms with Crippen molar-refractivity contribution < 1.29 is 34.9 Å². The Hall–Kier alpha value is -2.73. The SMILES string of the molecule is CN.Cc1nc(N[C@H](C)c2cccc(C(F)(F)F)c2C)c2cc(P(C)(C)=O)c(OS(=O)(=O)O)cc2n1. The molecule has 0 radical (unpaired) electrons. The van der Waals surface area contributed by atoms with E-state index in [4.69, 9.17) is 4.55 Å². The van der Waals surface area contributed by atoms with Crippen molar-refractivity contribution in [1.82, 2.24) is 9.97 Å². The third-order valence-corrected chi connectivity index (χ3v) is 7.06. The molecule has 0 fully saturated rings. The van der Waals surface area contributed by atoms with Gasteiger partial charge in [-0.05, 0) is 64.4 Å². The highest BCUT2D eigenvalue weighted by molar-refractivity contribution is 7.81. The van der Waals surface area contributed by atoms with Crippen LogP contribution in [-0.4, -0.2) is 43.3 Å². The van der Waals surface area contributed by atoms with E-state index in [1.54, 1.807) is 19.9 Å². The second kappa shape index (κ2) is 10.7. The molecule has 2 aromatic carbocycles. The van der Waals surface area contributed by atoms with E-state index in [1.165, 1.54) is 45.5 Å². The number of nitrogens with two attached hydrogens (primary N) is 1. The number of halogens is 3. The molecule has 4 N–H and O–H groups in total. The van der Waals surface area contributed by atoms with E-state index in [0.29, 0.717) is 10.9 Å². The van der Waals surface area contributed by atoms with Gasteiger partial charge in [0.1, 0.15) is 18.8 Å². The number of anilines is 1. The summed E-state index contributed by atoms with van der Waals surface area (Å²) in [6, 6.07) is 5.93. The standard InChI is InChI=1S/C21H23F3N3O5PS.CH5N/c1-11-14(7-6-8-16(11)21(22,23)24)12(2)25-20-15-9-19(33(4,5)28)18(32-34(29,30)31)10-17(15)26-13(3)27-20;1-2/h6-10,12H,1-5H3,(H,25,26,27)(H,29,30,31);2H2,1H3/t12-;/m1./s1. The summed E-state index contributed by atoms with van der Waals surface area (Å²) in [6.45, 7) is 7.42. The number of nitrogens with one attached hydrogen (secondary N) is 1. The summed E-state index contributed by atoms with van der Waals surface area (Å²) >= 11 is 0. The molecule has 0 aliphatic rings. The van der Waals surface area contributed by atoms with Gasteiger partial charge >= 0.3 is 16.6 Å². The van der Waals surface area contributed by atoms with Crippen molar-refractivity contribution in [3.05, 3.63) is 52.8 Å². The lowest BCUT2D eigenvalue weighted by molar-refractivity contribution is -0.138. The molecule has 3 rings (SSSR count). The maximum absolute atomic E-state index is 13.4. The van der Waals surface area contributed by atoms with E-state index in [2.05, 4.69) is 25.2 Å². The summed E-state index contributed by atoms with van der Waals surface area (Å²) in [7, 11) is -6.51. The predicted octanol–water partition coefficient (Wildman–Crippen LogP) is 4.44. The molecule has 0 amide bonds. The Kier molecular flexibility index (Phi) is 8.78. The third-order valence-electron chi connectivity index (χ3n) is 5.16. The van der Waals surface area contributed by atoms with E-state index in [9.17, 15) is 26.2 Å². The fourth-order valence-corrected chi connectivity index (χ4v) is 5.19. The van der Waals surface area contributed by atoms with Crippen LogP contribution in [0.25, 0.3) is 10.9 Å². The number of nitrogens with zero attached hydrogens (tertiary/aromatic N) is 2. The van der Waals surface area contributed by atoms with Crippen molar-refractivity contribution in [3.8, 4) is 5.75 Å². The molecule has 1 heterocycles. The van der Waals surface area contributed by atoms with Crippen molar-refractivity contribution >= 4 is 39.6 Å². The van der Waals surface area contributed by atoms with E-state index < -0.39 is 35.3 Å². The van der Waals surface area contributed by atoms with Gasteiger partial charge in [-0.25, -0.2) is 9.97 Å². The Morgan fingerprint density at radius 1 is 1.14 bits per heavy atom. The Morgan fingerprint density at radius 2 is 1.75 bits per heavy atom. The number of hydrogen-bond donors (Lipinski definition) is 3. The maximum Gasteiger partial charge on any atom is 0.446 e. The average Bonchev–Trinajstić information content (AvgIpc) is 2.71. The summed E-state index contributed by atoms with van der Waals surface area (Å²) in [5, 5.41) is 3.47. The zero-order chi connectivity index (χ0) is 27.6. The lowest BCUT2D eigenvalue weighted by Gasteiger charge is -2.21. The maximum atomic E-state index is 13.4. The Balaban J connectivity index is 0.00000222. The zero-order valence-electron chi connectivity index (χ0n) is 20.5. The number of rotatable bonds is 6. The van der Waals surface area contributed by atoms with Crippen molar-refractivity contribution in [2.24, 2.45) is 5.73 Å². The minimum Gasteiger partial charge on any atom is -0.363 e. The normalized spacial score (nSPS) is 13.1. The first kappa shape index (κ1) is 29.5. The monoisotopic (exact) mass is 548 g/mol. The van der Waals surface area contributed by atoms with Crippen LogP contribution in [0.1, 0.15) is 35.5 Å². The first-order valence-corrected chi connectivity index (χ1v) is 14.5. The highest BCUT2D eigenvalue weighted by atomic mass is 32.3. The van der Waals surface area contributed by atoms with Crippen LogP contribution in [0.15, 0.2) is 30.3 Å². The summed E-state index contributed by atoms with van der Waals surface area (Å²) in [5.41, 5.74) is 4.46. The average molecular weight is 549 g/mol. The molecule has 0 saturated carbocycles. The first-order chi connectivity index (χ1) is 16.5. The molecule has 0 aliphatic carbocycles. The van der Waals surface area contributed by atoms with Crippen LogP contribution < -0.4 is 20.5 Å². The molecule has 14 heteroatoms. The quantitative estimate of drug-likeness (QED) is 0.301. The highest BCUT2D eigenvalue weighted by Crippen LogP contribution is 2.41. The van der Waals surface area contributed by atoms with Gasteiger partial charge in [0, 0.05) is 11.5 Å². The molecule has 9 nitrogen and oxygen atoms in total. The topological polar surface area (TPSA) is 144 Å². The van der Waals surface area contributed by atoms with Crippen LogP contribution in [0.4, 0.5) is 19.0 Å². The molecule has 0 bridgehead atoms. The van der Waals surface area contributed by atoms with Crippen molar-refractivity contribution in [2.45, 2.75) is 33.0 Å². The summed E-state index contributed by atoms with van der Waals surface area (Å²) in [5.74, 6) is 0.193. The molecular weight excluding hydrogens is 520 g/mol. The zero-order valence-corrected chi connectivity index (χ0v) is 22.2. The van der Waals surface area contributed by atoms with Gasteiger partial charge in [0.2, 0.25) is 0 Å². The lowest BCUT2D eigenvalue weighted by Crippen LogP contribution is -2.17. The minimum absolute atomic E-state index is 0.0241. The molecule has 0 spiro atoms. The molecule has 1 aromatic heterocycles. The predicted molar refractivity (Wildman–Crippen MR) is 134 cm³/mol.